The third-order valence-corrected chi connectivity index (χ3v) is 1.85. The summed E-state index contributed by atoms with van der Waals surface area (Å²) in [6.07, 6.45) is 2.57. The van der Waals surface area contributed by atoms with Crippen LogP contribution in [0.4, 0.5) is 0 Å². The van der Waals surface area contributed by atoms with Crippen molar-refractivity contribution in [3.63, 3.8) is 0 Å². The SMILES string of the molecule is CC1(C)CCCNCN1. The van der Waals surface area contributed by atoms with Crippen LogP contribution in [-0.4, -0.2) is 18.8 Å². The molecule has 0 radical (unpaired) electrons. The smallest absolute Gasteiger partial charge is 0.0458 e. The van der Waals surface area contributed by atoms with Gasteiger partial charge in [-0.2, -0.15) is 0 Å². The zero-order valence-electron chi connectivity index (χ0n) is 6.33. The average molecular weight is 128 g/mol. The van der Waals surface area contributed by atoms with Gasteiger partial charge < -0.3 is 5.32 Å². The summed E-state index contributed by atoms with van der Waals surface area (Å²) in [6.45, 7) is 6.63. The summed E-state index contributed by atoms with van der Waals surface area (Å²) < 4.78 is 0. The van der Waals surface area contributed by atoms with Gasteiger partial charge in [-0.25, -0.2) is 0 Å². The summed E-state index contributed by atoms with van der Waals surface area (Å²) in [5.41, 5.74) is 0.351. The number of hydrogen-bond acceptors (Lipinski definition) is 2. The molecule has 54 valence electrons. The van der Waals surface area contributed by atoms with Crippen LogP contribution in [0.1, 0.15) is 26.7 Å². The van der Waals surface area contributed by atoms with Crippen molar-refractivity contribution in [2.24, 2.45) is 0 Å². The van der Waals surface area contributed by atoms with Gasteiger partial charge in [0.1, 0.15) is 0 Å². The van der Waals surface area contributed by atoms with E-state index in [0.717, 1.165) is 13.2 Å². The summed E-state index contributed by atoms with van der Waals surface area (Å²) >= 11 is 0. The van der Waals surface area contributed by atoms with Gasteiger partial charge in [-0.3, -0.25) is 5.32 Å². The molecule has 0 aliphatic carbocycles. The van der Waals surface area contributed by atoms with E-state index in [-0.39, 0.29) is 0 Å². The molecule has 1 saturated heterocycles. The third-order valence-electron chi connectivity index (χ3n) is 1.85. The van der Waals surface area contributed by atoms with E-state index in [0.29, 0.717) is 5.54 Å². The van der Waals surface area contributed by atoms with Crippen LogP contribution in [0, 0.1) is 0 Å². The lowest BCUT2D eigenvalue weighted by Gasteiger charge is -2.22. The highest BCUT2D eigenvalue weighted by atomic mass is 15.1. The molecule has 0 saturated carbocycles. The second kappa shape index (κ2) is 2.67. The molecule has 0 atom stereocenters. The van der Waals surface area contributed by atoms with Crippen LogP contribution in [0.15, 0.2) is 0 Å². The van der Waals surface area contributed by atoms with Crippen LogP contribution in [0.5, 0.6) is 0 Å². The Labute approximate surface area is 57.0 Å². The van der Waals surface area contributed by atoms with E-state index >= 15 is 0 Å². The molecular weight excluding hydrogens is 112 g/mol. The lowest BCUT2D eigenvalue weighted by Crippen LogP contribution is -2.41. The van der Waals surface area contributed by atoms with Crippen molar-refractivity contribution in [3.05, 3.63) is 0 Å². The molecular formula is C7H16N2. The summed E-state index contributed by atoms with van der Waals surface area (Å²) in [5.74, 6) is 0. The minimum atomic E-state index is 0.351. The highest BCUT2D eigenvalue weighted by Gasteiger charge is 2.17. The molecule has 1 fully saturated rings. The first kappa shape index (κ1) is 7.03. The number of nitrogens with one attached hydrogen (secondary N) is 2. The Morgan fingerprint density at radius 2 is 2.11 bits per heavy atom. The van der Waals surface area contributed by atoms with Crippen molar-refractivity contribution in [3.8, 4) is 0 Å². The lowest BCUT2D eigenvalue weighted by molar-refractivity contribution is 0.380. The zero-order chi connectivity index (χ0) is 6.74. The maximum absolute atomic E-state index is 3.41. The average Bonchev–Trinajstić information content (AvgIpc) is 1.92. The second-order valence-electron chi connectivity index (χ2n) is 3.34. The van der Waals surface area contributed by atoms with Crippen molar-refractivity contribution < 1.29 is 0 Å². The fraction of sp³-hybridized carbons (Fsp3) is 1.00. The van der Waals surface area contributed by atoms with E-state index in [1.165, 1.54) is 12.8 Å². The Kier molecular flexibility index (Phi) is 2.09. The molecule has 0 spiro atoms. The Balaban J connectivity index is 2.36. The van der Waals surface area contributed by atoms with Gasteiger partial charge in [-0.1, -0.05) is 0 Å². The quantitative estimate of drug-likeness (QED) is 0.501. The maximum atomic E-state index is 3.41. The van der Waals surface area contributed by atoms with E-state index in [4.69, 9.17) is 0 Å². The van der Waals surface area contributed by atoms with E-state index in [1.807, 2.05) is 0 Å². The van der Waals surface area contributed by atoms with Crippen LogP contribution in [-0.2, 0) is 0 Å². The van der Waals surface area contributed by atoms with E-state index in [2.05, 4.69) is 24.5 Å². The van der Waals surface area contributed by atoms with Crippen LogP contribution in [0.25, 0.3) is 0 Å². The molecule has 0 aromatic carbocycles. The van der Waals surface area contributed by atoms with Gasteiger partial charge in [0.15, 0.2) is 0 Å². The van der Waals surface area contributed by atoms with Crippen LogP contribution in [0.3, 0.4) is 0 Å². The Hall–Kier alpha value is -0.0800. The van der Waals surface area contributed by atoms with Gasteiger partial charge in [0.25, 0.3) is 0 Å². The van der Waals surface area contributed by atoms with Crippen molar-refractivity contribution in [2.75, 3.05) is 13.2 Å². The molecule has 1 aliphatic rings. The summed E-state index contributed by atoms with van der Waals surface area (Å²) in [5, 5.41) is 6.70. The lowest BCUT2D eigenvalue weighted by atomic mass is 10.00. The van der Waals surface area contributed by atoms with Crippen molar-refractivity contribution >= 4 is 0 Å². The van der Waals surface area contributed by atoms with E-state index in [9.17, 15) is 0 Å². The second-order valence-corrected chi connectivity index (χ2v) is 3.34. The van der Waals surface area contributed by atoms with E-state index < -0.39 is 0 Å². The molecule has 1 heterocycles. The predicted octanol–water partition coefficient (Wildman–Crippen LogP) is 0.696. The maximum Gasteiger partial charge on any atom is 0.0458 e. The Morgan fingerprint density at radius 3 is 2.89 bits per heavy atom. The van der Waals surface area contributed by atoms with Crippen LogP contribution in [0.2, 0.25) is 0 Å². The van der Waals surface area contributed by atoms with Crippen molar-refractivity contribution in [2.45, 2.75) is 32.2 Å². The predicted molar refractivity (Wildman–Crippen MR) is 39.3 cm³/mol. The first-order valence-electron chi connectivity index (χ1n) is 3.66. The highest BCUT2D eigenvalue weighted by molar-refractivity contribution is 4.79. The highest BCUT2D eigenvalue weighted by Crippen LogP contribution is 2.11. The third kappa shape index (κ3) is 2.33. The fourth-order valence-corrected chi connectivity index (χ4v) is 1.13. The summed E-state index contributed by atoms with van der Waals surface area (Å²) in [4.78, 5) is 0. The van der Waals surface area contributed by atoms with Crippen molar-refractivity contribution in [1.29, 1.82) is 0 Å². The molecule has 1 rings (SSSR count). The zero-order valence-corrected chi connectivity index (χ0v) is 6.33. The number of hydrogen-bond donors (Lipinski definition) is 2. The summed E-state index contributed by atoms with van der Waals surface area (Å²) in [6, 6.07) is 0. The van der Waals surface area contributed by atoms with Gasteiger partial charge in [-0.15, -0.1) is 0 Å². The molecule has 0 unspecified atom stereocenters. The molecule has 9 heavy (non-hydrogen) atoms. The molecule has 0 bridgehead atoms. The van der Waals surface area contributed by atoms with Crippen LogP contribution >= 0.6 is 0 Å². The standard InChI is InChI=1S/C7H16N2/c1-7(2)4-3-5-8-6-9-7/h8-9H,3-6H2,1-2H3. The minimum absolute atomic E-state index is 0.351. The van der Waals surface area contributed by atoms with Gasteiger partial charge in [0.2, 0.25) is 0 Å². The van der Waals surface area contributed by atoms with Crippen LogP contribution < -0.4 is 10.6 Å². The molecule has 2 heteroatoms. The largest absolute Gasteiger partial charge is 0.304 e. The molecule has 0 aromatic heterocycles. The topological polar surface area (TPSA) is 24.1 Å². The monoisotopic (exact) mass is 128 g/mol. The normalized spacial score (nSPS) is 27.3. The summed E-state index contributed by atoms with van der Waals surface area (Å²) in [7, 11) is 0. The van der Waals surface area contributed by atoms with E-state index in [1.54, 1.807) is 0 Å². The van der Waals surface area contributed by atoms with Gasteiger partial charge in [0.05, 0.1) is 0 Å². The van der Waals surface area contributed by atoms with Gasteiger partial charge in [0, 0.05) is 12.2 Å². The molecule has 1 aliphatic heterocycles. The molecule has 0 amide bonds. The first-order valence-corrected chi connectivity index (χ1v) is 3.66. The molecule has 2 N–H and O–H groups in total. The molecule has 2 nitrogen and oxygen atoms in total. The number of rotatable bonds is 0. The molecule has 0 aromatic rings. The fourth-order valence-electron chi connectivity index (χ4n) is 1.13. The van der Waals surface area contributed by atoms with Gasteiger partial charge >= 0.3 is 0 Å². The Morgan fingerprint density at radius 1 is 1.33 bits per heavy atom. The minimum Gasteiger partial charge on any atom is -0.304 e. The Bertz CT molecular complexity index is 78.9. The first-order chi connectivity index (χ1) is 4.21. The van der Waals surface area contributed by atoms with Crippen molar-refractivity contribution in [1.82, 2.24) is 10.6 Å². The van der Waals surface area contributed by atoms with Gasteiger partial charge in [-0.05, 0) is 33.2 Å².